The molecule has 2 aromatic rings. The van der Waals surface area contributed by atoms with Gasteiger partial charge in [0.25, 0.3) is 0 Å². The molecule has 1 heterocycles. The van der Waals surface area contributed by atoms with Crippen molar-refractivity contribution in [3.05, 3.63) is 52.5 Å². The van der Waals surface area contributed by atoms with Crippen molar-refractivity contribution in [2.24, 2.45) is 0 Å². The number of nitrogens with zero attached hydrogens (tertiary/aromatic N) is 2. The molecule has 2 nitrogen and oxygen atoms in total. The Hall–Kier alpha value is -0.700. The van der Waals surface area contributed by atoms with Gasteiger partial charge in [0.2, 0.25) is 0 Å². The molecule has 80 valence electrons. The summed E-state index contributed by atoms with van der Waals surface area (Å²) in [6, 6.07) is 5.50. The van der Waals surface area contributed by atoms with Gasteiger partial charge in [-0.05, 0) is 12.1 Å². The van der Waals surface area contributed by atoms with Crippen molar-refractivity contribution in [2.75, 3.05) is 0 Å². The summed E-state index contributed by atoms with van der Waals surface area (Å²) in [7, 11) is 0. The Balaban J connectivity index is 0.00000112. The van der Waals surface area contributed by atoms with Gasteiger partial charge in [0.15, 0.2) is 0 Å². The van der Waals surface area contributed by atoms with Crippen LogP contribution in [0.25, 0.3) is 0 Å². The lowest BCUT2D eigenvalue weighted by Gasteiger charge is -2.06. The highest BCUT2D eigenvalue weighted by Gasteiger charge is 2.05. The highest BCUT2D eigenvalue weighted by atomic mass is 35.5. The van der Waals surface area contributed by atoms with E-state index in [9.17, 15) is 0 Å². The third-order valence-corrected chi connectivity index (χ3v) is 2.67. The Kier molecular flexibility index (Phi) is 4.45. The Bertz CT molecular complexity index is 406. The first-order valence-electron chi connectivity index (χ1n) is 4.16. The van der Waals surface area contributed by atoms with Gasteiger partial charge in [-0.15, -0.1) is 12.4 Å². The topological polar surface area (TPSA) is 17.8 Å². The van der Waals surface area contributed by atoms with Crippen LogP contribution in [0.2, 0.25) is 10.0 Å². The zero-order valence-corrected chi connectivity index (χ0v) is 10.1. The molecule has 0 saturated heterocycles. The zero-order chi connectivity index (χ0) is 9.97. The maximum absolute atomic E-state index is 6.03. The van der Waals surface area contributed by atoms with E-state index >= 15 is 0 Å². The van der Waals surface area contributed by atoms with Gasteiger partial charge in [-0.3, -0.25) is 0 Å². The predicted octanol–water partition coefficient (Wildman–Crippen LogP) is 3.66. The first-order valence-corrected chi connectivity index (χ1v) is 4.91. The lowest BCUT2D eigenvalue weighted by Crippen LogP contribution is -1.97. The van der Waals surface area contributed by atoms with Gasteiger partial charge in [-0.2, -0.15) is 0 Å². The van der Waals surface area contributed by atoms with E-state index in [0.29, 0.717) is 16.6 Å². The van der Waals surface area contributed by atoms with Gasteiger partial charge >= 0.3 is 0 Å². The highest BCUT2D eigenvalue weighted by molar-refractivity contribution is 6.35. The summed E-state index contributed by atoms with van der Waals surface area (Å²) < 4.78 is 1.92. The minimum atomic E-state index is 0. The smallest absolute Gasteiger partial charge is 0.0949 e. The summed E-state index contributed by atoms with van der Waals surface area (Å²) in [6.07, 6.45) is 5.34. The number of benzene rings is 1. The molecule has 2 rings (SSSR count). The second kappa shape index (κ2) is 5.40. The van der Waals surface area contributed by atoms with Gasteiger partial charge in [0.1, 0.15) is 0 Å². The van der Waals surface area contributed by atoms with Crippen molar-refractivity contribution in [2.45, 2.75) is 6.54 Å². The molecule has 0 N–H and O–H groups in total. The molecular weight excluding hydrogens is 254 g/mol. The van der Waals surface area contributed by atoms with E-state index < -0.39 is 0 Å². The molecule has 0 aliphatic rings. The fourth-order valence-electron chi connectivity index (χ4n) is 1.25. The summed E-state index contributed by atoms with van der Waals surface area (Å²) >= 11 is 12.1. The second-order valence-electron chi connectivity index (χ2n) is 2.94. The van der Waals surface area contributed by atoms with E-state index in [4.69, 9.17) is 23.2 Å². The number of halogens is 3. The minimum absolute atomic E-state index is 0. The summed E-state index contributed by atoms with van der Waals surface area (Å²) in [5.74, 6) is 0. The fourth-order valence-corrected chi connectivity index (χ4v) is 1.76. The Morgan fingerprint density at radius 1 is 1.20 bits per heavy atom. The molecule has 0 bridgehead atoms. The van der Waals surface area contributed by atoms with E-state index in [1.54, 1.807) is 12.5 Å². The first-order chi connectivity index (χ1) is 6.77. The molecule has 0 unspecified atom stereocenters. The van der Waals surface area contributed by atoms with Gasteiger partial charge in [-0.25, -0.2) is 4.98 Å². The van der Waals surface area contributed by atoms with Crippen LogP contribution in [0.1, 0.15) is 5.56 Å². The van der Waals surface area contributed by atoms with Crippen LogP contribution in [0.4, 0.5) is 0 Å². The fraction of sp³-hybridized carbons (Fsp3) is 0.100. The molecule has 1 aromatic heterocycles. The van der Waals surface area contributed by atoms with E-state index in [1.807, 2.05) is 29.0 Å². The van der Waals surface area contributed by atoms with E-state index in [0.717, 1.165) is 5.56 Å². The highest BCUT2D eigenvalue weighted by Crippen LogP contribution is 2.24. The summed E-state index contributed by atoms with van der Waals surface area (Å²) in [6.45, 7) is 0.651. The van der Waals surface area contributed by atoms with Crippen LogP contribution in [0, 0.1) is 0 Å². The van der Waals surface area contributed by atoms with Crippen molar-refractivity contribution >= 4 is 35.6 Å². The second-order valence-corrected chi connectivity index (χ2v) is 3.75. The van der Waals surface area contributed by atoms with E-state index in [-0.39, 0.29) is 12.4 Å². The quantitative estimate of drug-likeness (QED) is 0.808. The number of hydrogen-bond donors (Lipinski definition) is 0. The van der Waals surface area contributed by atoms with Crippen molar-refractivity contribution in [3.63, 3.8) is 0 Å². The summed E-state index contributed by atoms with van der Waals surface area (Å²) in [4.78, 5) is 3.95. The molecule has 5 heteroatoms. The monoisotopic (exact) mass is 262 g/mol. The van der Waals surface area contributed by atoms with Crippen molar-refractivity contribution in [1.82, 2.24) is 9.55 Å². The third kappa shape index (κ3) is 2.88. The van der Waals surface area contributed by atoms with Crippen molar-refractivity contribution in [3.8, 4) is 0 Å². The summed E-state index contributed by atoms with van der Waals surface area (Å²) in [5.41, 5.74) is 0.925. The number of hydrogen-bond acceptors (Lipinski definition) is 1. The van der Waals surface area contributed by atoms with Crippen LogP contribution in [0.5, 0.6) is 0 Å². The largest absolute Gasteiger partial charge is 0.333 e. The molecule has 0 saturated carbocycles. The summed E-state index contributed by atoms with van der Waals surface area (Å²) in [5, 5.41) is 1.37. The molecule has 0 atom stereocenters. The van der Waals surface area contributed by atoms with Gasteiger partial charge < -0.3 is 4.57 Å². The van der Waals surface area contributed by atoms with Crippen LogP contribution in [0.3, 0.4) is 0 Å². The molecule has 15 heavy (non-hydrogen) atoms. The molecular formula is C10H9Cl3N2. The van der Waals surface area contributed by atoms with Gasteiger partial charge in [0, 0.05) is 28.0 Å². The predicted molar refractivity (Wildman–Crippen MR) is 65.0 cm³/mol. The number of aromatic nitrogens is 2. The van der Waals surface area contributed by atoms with Crippen LogP contribution in [-0.2, 0) is 6.54 Å². The Labute approximate surface area is 104 Å². The normalized spacial score (nSPS) is 9.73. The molecule has 0 amide bonds. The first kappa shape index (κ1) is 12.4. The number of rotatable bonds is 2. The molecule has 0 spiro atoms. The molecule has 0 radical (unpaired) electrons. The Morgan fingerprint density at radius 2 is 1.87 bits per heavy atom. The SMILES string of the molecule is Cl.Clc1cccc(Cl)c1Cn1ccnc1. The van der Waals surface area contributed by atoms with Gasteiger partial charge in [-0.1, -0.05) is 29.3 Å². The Morgan fingerprint density at radius 3 is 2.40 bits per heavy atom. The maximum Gasteiger partial charge on any atom is 0.0949 e. The number of imidazole rings is 1. The zero-order valence-electron chi connectivity index (χ0n) is 7.73. The lowest BCUT2D eigenvalue weighted by molar-refractivity contribution is 0.798. The van der Waals surface area contributed by atoms with Crippen LogP contribution >= 0.6 is 35.6 Å². The van der Waals surface area contributed by atoms with Crippen LogP contribution < -0.4 is 0 Å². The van der Waals surface area contributed by atoms with Crippen molar-refractivity contribution in [1.29, 1.82) is 0 Å². The molecule has 0 aliphatic heterocycles. The van der Waals surface area contributed by atoms with Crippen molar-refractivity contribution < 1.29 is 0 Å². The van der Waals surface area contributed by atoms with E-state index in [1.165, 1.54) is 0 Å². The van der Waals surface area contributed by atoms with Crippen LogP contribution in [0.15, 0.2) is 36.9 Å². The average molecular weight is 264 g/mol. The molecule has 0 aliphatic carbocycles. The van der Waals surface area contributed by atoms with Crippen LogP contribution in [-0.4, -0.2) is 9.55 Å². The molecule has 1 aromatic carbocycles. The maximum atomic E-state index is 6.03. The standard InChI is InChI=1S/C10H8Cl2N2.ClH/c11-9-2-1-3-10(12)8(9)6-14-5-4-13-7-14;/h1-5,7H,6H2;1H. The van der Waals surface area contributed by atoms with Gasteiger partial charge in [0.05, 0.1) is 12.9 Å². The lowest BCUT2D eigenvalue weighted by atomic mass is 10.2. The average Bonchev–Trinajstić information content (AvgIpc) is 2.64. The third-order valence-electron chi connectivity index (χ3n) is 1.96. The van der Waals surface area contributed by atoms with E-state index in [2.05, 4.69) is 4.98 Å². The molecule has 0 fully saturated rings. The minimum Gasteiger partial charge on any atom is -0.333 e.